The molecule has 0 saturated carbocycles. The number of rotatable bonds is 4. The molecule has 20 heavy (non-hydrogen) atoms. The molecule has 0 unspecified atom stereocenters. The van der Waals surface area contributed by atoms with E-state index in [0.717, 1.165) is 25.9 Å². The molecule has 1 aliphatic rings. The molecule has 1 fully saturated rings. The summed E-state index contributed by atoms with van der Waals surface area (Å²) in [5.74, 6) is 0.985. The molecule has 1 amide bonds. The van der Waals surface area contributed by atoms with Crippen LogP contribution in [0.15, 0.2) is 18.2 Å². The van der Waals surface area contributed by atoms with Crippen LogP contribution in [-0.4, -0.2) is 44.6 Å². The van der Waals surface area contributed by atoms with E-state index in [-0.39, 0.29) is 5.91 Å². The Hall–Kier alpha value is -1.26. The number of nitrogens with zero attached hydrogens (tertiary/aromatic N) is 1. The van der Waals surface area contributed by atoms with Gasteiger partial charge in [-0.25, -0.2) is 0 Å². The van der Waals surface area contributed by atoms with Crippen LogP contribution in [0.25, 0.3) is 0 Å². The third-order valence-corrected chi connectivity index (χ3v) is 4.03. The number of hydrogen-bond acceptors (Lipinski definition) is 3. The number of methoxy groups -OCH3 is 1. The first kappa shape index (κ1) is 15.1. The average Bonchev–Trinajstić information content (AvgIpc) is 2.46. The molecule has 1 aliphatic heterocycles. The average molecular weight is 297 g/mol. The Morgan fingerprint density at radius 3 is 2.80 bits per heavy atom. The first-order valence-electron chi connectivity index (χ1n) is 6.90. The van der Waals surface area contributed by atoms with E-state index in [1.54, 1.807) is 25.3 Å². The summed E-state index contributed by atoms with van der Waals surface area (Å²) in [5, 5.41) is 3.53. The van der Waals surface area contributed by atoms with E-state index in [1.807, 2.05) is 0 Å². The summed E-state index contributed by atoms with van der Waals surface area (Å²) in [6, 6.07) is 5.07. The van der Waals surface area contributed by atoms with Crippen molar-refractivity contribution in [2.75, 3.05) is 33.8 Å². The molecule has 1 saturated heterocycles. The van der Waals surface area contributed by atoms with E-state index in [0.29, 0.717) is 28.8 Å². The van der Waals surface area contributed by atoms with Gasteiger partial charge < -0.3 is 15.0 Å². The van der Waals surface area contributed by atoms with Crippen molar-refractivity contribution >= 4 is 17.5 Å². The normalized spacial score (nSPS) is 16.9. The van der Waals surface area contributed by atoms with Crippen LogP contribution in [-0.2, 0) is 0 Å². The summed E-state index contributed by atoms with van der Waals surface area (Å²) in [4.78, 5) is 14.5. The summed E-state index contributed by atoms with van der Waals surface area (Å²) in [6.45, 7) is 2.91. The topological polar surface area (TPSA) is 41.6 Å². The Morgan fingerprint density at radius 1 is 1.45 bits per heavy atom. The van der Waals surface area contributed by atoms with E-state index >= 15 is 0 Å². The molecule has 110 valence electrons. The fourth-order valence-electron chi connectivity index (χ4n) is 2.46. The van der Waals surface area contributed by atoms with Crippen molar-refractivity contribution in [3.63, 3.8) is 0 Å². The number of carbonyl (C=O) groups excluding carboxylic acids is 1. The largest absolute Gasteiger partial charge is 0.496 e. The SMILES string of the molecule is COc1ccc(Cl)cc1C(=O)NCC1CCN(C)CC1. The number of piperidine rings is 1. The number of hydrogen-bond donors (Lipinski definition) is 1. The molecule has 0 radical (unpaired) electrons. The van der Waals surface area contributed by atoms with Gasteiger partial charge in [-0.2, -0.15) is 0 Å². The van der Waals surface area contributed by atoms with Gasteiger partial charge in [0.2, 0.25) is 0 Å². The van der Waals surface area contributed by atoms with Crippen molar-refractivity contribution in [2.24, 2.45) is 5.92 Å². The van der Waals surface area contributed by atoms with E-state index in [2.05, 4.69) is 17.3 Å². The van der Waals surface area contributed by atoms with Crippen molar-refractivity contribution in [1.29, 1.82) is 0 Å². The number of amides is 1. The predicted octanol–water partition coefficient (Wildman–Crippen LogP) is 2.42. The van der Waals surface area contributed by atoms with Gasteiger partial charge in [0.1, 0.15) is 5.75 Å². The zero-order chi connectivity index (χ0) is 14.5. The molecule has 0 aromatic heterocycles. The van der Waals surface area contributed by atoms with E-state index in [9.17, 15) is 4.79 Å². The molecule has 0 spiro atoms. The van der Waals surface area contributed by atoms with Gasteiger partial charge in [0.15, 0.2) is 0 Å². The quantitative estimate of drug-likeness (QED) is 0.928. The van der Waals surface area contributed by atoms with Crippen LogP contribution in [0.5, 0.6) is 5.75 Å². The summed E-state index contributed by atoms with van der Waals surface area (Å²) in [5.41, 5.74) is 0.493. The number of halogens is 1. The van der Waals surface area contributed by atoms with Crippen LogP contribution < -0.4 is 10.1 Å². The van der Waals surface area contributed by atoms with Crippen LogP contribution in [0.4, 0.5) is 0 Å². The maximum Gasteiger partial charge on any atom is 0.255 e. The molecule has 0 atom stereocenters. The molecule has 1 N–H and O–H groups in total. The first-order chi connectivity index (χ1) is 9.60. The third-order valence-electron chi connectivity index (χ3n) is 3.80. The molecular weight excluding hydrogens is 276 g/mol. The van der Waals surface area contributed by atoms with Crippen molar-refractivity contribution in [3.8, 4) is 5.75 Å². The highest BCUT2D eigenvalue weighted by molar-refractivity contribution is 6.31. The molecular formula is C15H21ClN2O2. The van der Waals surface area contributed by atoms with Crippen LogP contribution >= 0.6 is 11.6 Å². The second kappa shape index (κ2) is 6.95. The monoisotopic (exact) mass is 296 g/mol. The van der Waals surface area contributed by atoms with Crippen LogP contribution in [0, 0.1) is 5.92 Å². The molecule has 5 heteroatoms. The van der Waals surface area contributed by atoms with Gasteiger partial charge in [0, 0.05) is 11.6 Å². The number of benzene rings is 1. The highest BCUT2D eigenvalue weighted by atomic mass is 35.5. The number of nitrogens with one attached hydrogen (secondary N) is 1. The fraction of sp³-hybridized carbons (Fsp3) is 0.533. The van der Waals surface area contributed by atoms with E-state index in [4.69, 9.17) is 16.3 Å². The third kappa shape index (κ3) is 3.87. The first-order valence-corrected chi connectivity index (χ1v) is 7.28. The number of likely N-dealkylation sites (tertiary alicyclic amines) is 1. The lowest BCUT2D eigenvalue weighted by Gasteiger charge is -2.29. The van der Waals surface area contributed by atoms with Gasteiger partial charge in [-0.05, 0) is 57.1 Å². The van der Waals surface area contributed by atoms with Gasteiger partial charge in [0.05, 0.1) is 12.7 Å². The number of ether oxygens (including phenoxy) is 1. The van der Waals surface area contributed by atoms with Crippen LogP contribution in [0.1, 0.15) is 23.2 Å². The highest BCUT2D eigenvalue weighted by Gasteiger charge is 2.19. The Bertz CT molecular complexity index is 471. The maximum absolute atomic E-state index is 12.2. The molecule has 1 heterocycles. The molecule has 4 nitrogen and oxygen atoms in total. The smallest absolute Gasteiger partial charge is 0.255 e. The Kier molecular flexibility index (Phi) is 5.26. The molecule has 2 rings (SSSR count). The van der Waals surface area contributed by atoms with Gasteiger partial charge in [-0.15, -0.1) is 0 Å². The highest BCUT2D eigenvalue weighted by Crippen LogP contribution is 2.23. The second-order valence-corrected chi connectivity index (χ2v) is 5.74. The summed E-state index contributed by atoms with van der Waals surface area (Å²) < 4.78 is 5.20. The van der Waals surface area contributed by atoms with Crippen molar-refractivity contribution in [2.45, 2.75) is 12.8 Å². The predicted molar refractivity (Wildman–Crippen MR) is 80.6 cm³/mol. The lowest BCUT2D eigenvalue weighted by Crippen LogP contribution is -2.36. The van der Waals surface area contributed by atoms with Gasteiger partial charge >= 0.3 is 0 Å². The minimum atomic E-state index is -0.122. The second-order valence-electron chi connectivity index (χ2n) is 5.30. The molecule has 0 aliphatic carbocycles. The van der Waals surface area contributed by atoms with Gasteiger partial charge in [-0.3, -0.25) is 4.79 Å². The standard InChI is InChI=1S/C15H21ClN2O2/c1-18-7-5-11(6-8-18)10-17-15(19)13-9-12(16)3-4-14(13)20-2/h3-4,9,11H,5-8,10H2,1-2H3,(H,17,19). The minimum absolute atomic E-state index is 0.122. The van der Waals surface area contributed by atoms with Crippen LogP contribution in [0.3, 0.4) is 0 Å². The van der Waals surface area contributed by atoms with Gasteiger partial charge in [0.25, 0.3) is 5.91 Å². The summed E-state index contributed by atoms with van der Waals surface area (Å²) in [6.07, 6.45) is 2.26. The van der Waals surface area contributed by atoms with Crippen LogP contribution in [0.2, 0.25) is 5.02 Å². The lowest BCUT2D eigenvalue weighted by molar-refractivity contribution is 0.0936. The van der Waals surface area contributed by atoms with E-state index < -0.39 is 0 Å². The molecule has 1 aromatic carbocycles. The van der Waals surface area contributed by atoms with Gasteiger partial charge in [-0.1, -0.05) is 11.6 Å². The minimum Gasteiger partial charge on any atom is -0.496 e. The van der Waals surface area contributed by atoms with Crippen molar-refractivity contribution < 1.29 is 9.53 Å². The summed E-state index contributed by atoms with van der Waals surface area (Å²) >= 11 is 5.94. The zero-order valence-corrected chi connectivity index (χ0v) is 12.7. The Morgan fingerprint density at radius 2 is 2.15 bits per heavy atom. The zero-order valence-electron chi connectivity index (χ0n) is 12.0. The Labute approximate surface area is 125 Å². The van der Waals surface area contributed by atoms with E-state index in [1.165, 1.54) is 0 Å². The number of carbonyl (C=O) groups is 1. The lowest BCUT2D eigenvalue weighted by atomic mass is 9.97. The molecule has 0 bridgehead atoms. The van der Waals surface area contributed by atoms with Crippen molar-refractivity contribution in [3.05, 3.63) is 28.8 Å². The maximum atomic E-state index is 12.2. The summed E-state index contributed by atoms with van der Waals surface area (Å²) in [7, 11) is 3.68. The molecule has 1 aromatic rings. The van der Waals surface area contributed by atoms with Crippen molar-refractivity contribution in [1.82, 2.24) is 10.2 Å². The Balaban J connectivity index is 1.93. The fourth-order valence-corrected chi connectivity index (χ4v) is 2.63.